The van der Waals surface area contributed by atoms with Gasteiger partial charge in [0.1, 0.15) is 23.6 Å². The fourth-order valence-corrected chi connectivity index (χ4v) is 3.57. The number of aromatic nitrogens is 6. The number of benzene rings is 2. The third kappa shape index (κ3) is 3.11. The molecule has 0 spiro atoms. The zero-order valence-corrected chi connectivity index (χ0v) is 15.6. The van der Waals surface area contributed by atoms with Gasteiger partial charge in [-0.2, -0.15) is 5.10 Å². The number of rotatable bonds is 3. The van der Waals surface area contributed by atoms with E-state index in [1.165, 1.54) is 12.4 Å². The van der Waals surface area contributed by atoms with E-state index in [1.807, 2.05) is 18.2 Å². The summed E-state index contributed by atoms with van der Waals surface area (Å²) in [6, 6.07) is 10.9. The van der Waals surface area contributed by atoms with Gasteiger partial charge in [-0.1, -0.05) is 12.1 Å². The second-order valence-corrected chi connectivity index (χ2v) is 6.89. The smallest absolute Gasteiger partial charge is 0.276 e. The molecule has 0 fully saturated rings. The average Bonchev–Trinajstić information content (AvgIpc) is 3.39. The number of halogens is 2. The molecule has 1 aliphatic heterocycles. The Hall–Kier alpha value is -3.95. The minimum absolute atomic E-state index is 0.0772. The Morgan fingerprint density at radius 1 is 1.10 bits per heavy atom. The van der Waals surface area contributed by atoms with Crippen LogP contribution in [0.1, 0.15) is 22.5 Å². The second kappa shape index (κ2) is 7.14. The number of hydrogen-bond acceptors (Lipinski definition) is 5. The van der Waals surface area contributed by atoms with Crippen LogP contribution < -0.4 is 5.32 Å². The van der Waals surface area contributed by atoms with Crippen LogP contribution >= 0.6 is 0 Å². The van der Waals surface area contributed by atoms with Gasteiger partial charge >= 0.3 is 0 Å². The highest BCUT2D eigenvalue weighted by molar-refractivity contribution is 6.03. The van der Waals surface area contributed by atoms with Gasteiger partial charge in [-0.05, 0) is 59.2 Å². The molecule has 150 valence electrons. The van der Waals surface area contributed by atoms with Crippen LogP contribution in [0, 0.1) is 11.6 Å². The number of aryl methyl sites for hydroxylation is 2. The molecule has 2 aromatic heterocycles. The van der Waals surface area contributed by atoms with E-state index in [2.05, 4.69) is 25.9 Å². The molecule has 1 aliphatic rings. The van der Waals surface area contributed by atoms with Crippen molar-refractivity contribution in [2.24, 2.45) is 0 Å². The number of carbonyl (C=O) groups excluding carboxylic acids is 1. The van der Waals surface area contributed by atoms with Gasteiger partial charge < -0.3 is 5.32 Å². The largest absolute Gasteiger partial charge is 0.316 e. The number of amides is 1. The van der Waals surface area contributed by atoms with Crippen molar-refractivity contribution in [1.82, 2.24) is 30.0 Å². The van der Waals surface area contributed by atoms with Crippen LogP contribution in [0.15, 0.2) is 48.8 Å². The van der Waals surface area contributed by atoms with Crippen LogP contribution in [-0.4, -0.2) is 35.9 Å². The van der Waals surface area contributed by atoms with Crippen molar-refractivity contribution in [2.45, 2.75) is 19.4 Å². The van der Waals surface area contributed by atoms with Crippen molar-refractivity contribution in [3.05, 3.63) is 71.7 Å². The minimum Gasteiger partial charge on any atom is -0.316 e. The quantitative estimate of drug-likeness (QED) is 0.564. The fourth-order valence-electron chi connectivity index (χ4n) is 3.57. The van der Waals surface area contributed by atoms with Crippen LogP contribution in [0.5, 0.6) is 0 Å². The molecule has 0 aliphatic carbocycles. The molecule has 2 aromatic carbocycles. The number of nitrogens with zero attached hydrogens (tertiary/aromatic N) is 6. The van der Waals surface area contributed by atoms with Crippen LogP contribution in [0.3, 0.4) is 0 Å². The molecule has 0 radical (unpaired) electrons. The lowest BCUT2D eigenvalue weighted by atomic mass is 10.0. The Balaban J connectivity index is 1.53. The van der Waals surface area contributed by atoms with Gasteiger partial charge in [-0.3, -0.25) is 9.48 Å². The van der Waals surface area contributed by atoms with E-state index >= 15 is 0 Å². The van der Waals surface area contributed by atoms with Gasteiger partial charge in [0, 0.05) is 12.1 Å². The van der Waals surface area contributed by atoms with Crippen molar-refractivity contribution in [2.75, 3.05) is 5.32 Å². The molecule has 8 nitrogen and oxygen atoms in total. The topological polar surface area (TPSA) is 90.5 Å². The summed E-state index contributed by atoms with van der Waals surface area (Å²) in [6.45, 7) is 0.617. The Kier molecular flexibility index (Phi) is 4.31. The Morgan fingerprint density at radius 3 is 2.70 bits per heavy atom. The summed E-state index contributed by atoms with van der Waals surface area (Å²) < 4.78 is 31.0. The maximum atomic E-state index is 13.9. The number of tetrazole rings is 1. The highest BCUT2D eigenvalue weighted by Crippen LogP contribution is 2.31. The SMILES string of the molecule is O=C(Nc1c(F)cccc1F)c1cc2n(n1)CCCc1ccc(-n3cnnn3)cc1-2. The predicted molar refractivity (Wildman–Crippen MR) is 103 cm³/mol. The first kappa shape index (κ1) is 18.1. The first-order valence-corrected chi connectivity index (χ1v) is 9.30. The highest BCUT2D eigenvalue weighted by Gasteiger charge is 2.22. The highest BCUT2D eigenvalue weighted by atomic mass is 19.1. The van der Waals surface area contributed by atoms with E-state index in [-0.39, 0.29) is 5.69 Å². The van der Waals surface area contributed by atoms with Crippen LogP contribution in [0.25, 0.3) is 16.9 Å². The molecule has 30 heavy (non-hydrogen) atoms. The van der Waals surface area contributed by atoms with Crippen LogP contribution in [0.4, 0.5) is 14.5 Å². The molecule has 0 atom stereocenters. The third-order valence-corrected chi connectivity index (χ3v) is 5.01. The molecule has 1 amide bonds. The number of hydrogen-bond donors (Lipinski definition) is 1. The number of fused-ring (bicyclic) bond motifs is 3. The molecule has 0 saturated carbocycles. The first-order chi connectivity index (χ1) is 14.6. The molecule has 3 heterocycles. The molecule has 0 saturated heterocycles. The number of carbonyl (C=O) groups is 1. The molecular formula is C20H15F2N7O. The van der Waals surface area contributed by atoms with Crippen molar-refractivity contribution in [1.29, 1.82) is 0 Å². The van der Waals surface area contributed by atoms with E-state index in [0.29, 0.717) is 6.54 Å². The summed E-state index contributed by atoms with van der Waals surface area (Å²) >= 11 is 0. The Morgan fingerprint density at radius 2 is 1.93 bits per heavy atom. The van der Waals surface area contributed by atoms with E-state index < -0.39 is 23.2 Å². The first-order valence-electron chi connectivity index (χ1n) is 9.30. The summed E-state index contributed by atoms with van der Waals surface area (Å²) in [7, 11) is 0. The van der Waals surface area contributed by atoms with E-state index in [0.717, 1.165) is 47.5 Å². The fraction of sp³-hybridized carbons (Fsp3) is 0.150. The lowest BCUT2D eigenvalue weighted by Crippen LogP contribution is -2.15. The normalized spacial score (nSPS) is 12.7. The molecule has 0 unspecified atom stereocenters. The number of nitrogens with one attached hydrogen (secondary N) is 1. The third-order valence-electron chi connectivity index (χ3n) is 5.01. The van der Waals surface area contributed by atoms with Gasteiger partial charge in [-0.25, -0.2) is 13.5 Å². The van der Waals surface area contributed by atoms with E-state index in [9.17, 15) is 13.6 Å². The summed E-state index contributed by atoms with van der Waals surface area (Å²) in [6.07, 6.45) is 3.20. The lowest BCUT2D eigenvalue weighted by molar-refractivity contribution is 0.102. The maximum absolute atomic E-state index is 13.9. The Labute approximate surface area is 169 Å². The van der Waals surface area contributed by atoms with E-state index in [4.69, 9.17) is 0 Å². The number of anilines is 1. The monoisotopic (exact) mass is 407 g/mol. The van der Waals surface area contributed by atoms with Crippen molar-refractivity contribution >= 4 is 11.6 Å². The molecule has 1 N–H and O–H groups in total. The van der Waals surface area contributed by atoms with Gasteiger partial charge in [0.15, 0.2) is 5.69 Å². The zero-order valence-electron chi connectivity index (χ0n) is 15.6. The molecular weight excluding hydrogens is 392 g/mol. The molecule has 10 heteroatoms. The minimum atomic E-state index is -0.847. The van der Waals surface area contributed by atoms with E-state index in [1.54, 1.807) is 15.4 Å². The van der Waals surface area contributed by atoms with Gasteiger partial charge in [-0.15, -0.1) is 5.10 Å². The van der Waals surface area contributed by atoms with Crippen molar-refractivity contribution in [3.63, 3.8) is 0 Å². The van der Waals surface area contributed by atoms with Crippen LogP contribution in [-0.2, 0) is 13.0 Å². The van der Waals surface area contributed by atoms with Crippen LogP contribution in [0.2, 0.25) is 0 Å². The maximum Gasteiger partial charge on any atom is 0.276 e. The zero-order chi connectivity index (χ0) is 20.7. The Bertz CT molecular complexity index is 1230. The lowest BCUT2D eigenvalue weighted by Gasteiger charge is -2.08. The summed E-state index contributed by atoms with van der Waals surface area (Å²) in [4.78, 5) is 12.6. The molecule has 0 bridgehead atoms. The second-order valence-electron chi connectivity index (χ2n) is 6.89. The standard InChI is InChI=1S/C20H15F2N7O/c21-15-4-1-5-16(22)19(15)24-20(30)17-10-18-14-9-13(29-11-23-26-27-29)7-6-12(14)3-2-8-28(18)25-17/h1,4-7,9-11H,2-3,8H2,(H,24,30). The predicted octanol–water partition coefficient (Wildman–Crippen LogP) is 3.00. The van der Waals surface area contributed by atoms with Crippen molar-refractivity contribution < 1.29 is 13.6 Å². The van der Waals surface area contributed by atoms with Gasteiger partial charge in [0.25, 0.3) is 5.91 Å². The van der Waals surface area contributed by atoms with Gasteiger partial charge in [0.2, 0.25) is 0 Å². The van der Waals surface area contributed by atoms with Gasteiger partial charge in [0.05, 0.1) is 11.4 Å². The summed E-state index contributed by atoms with van der Waals surface area (Å²) in [5.74, 6) is -2.38. The summed E-state index contributed by atoms with van der Waals surface area (Å²) in [5.41, 5.74) is 3.12. The summed E-state index contributed by atoms with van der Waals surface area (Å²) in [5, 5.41) is 17.9. The number of para-hydroxylation sites is 1. The molecule has 5 rings (SSSR count). The van der Waals surface area contributed by atoms with Crippen molar-refractivity contribution in [3.8, 4) is 16.9 Å². The molecule has 4 aromatic rings. The average molecular weight is 407 g/mol.